The molecule has 3 aromatic rings. The molecule has 0 bridgehead atoms. The first kappa shape index (κ1) is 20.8. The summed E-state index contributed by atoms with van der Waals surface area (Å²) in [5.41, 5.74) is 1.91. The van der Waals surface area contributed by atoms with Gasteiger partial charge in [0.15, 0.2) is 0 Å². The average Bonchev–Trinajstić information content (AvgIpc) is 2.74. The van der Waals surface area contributed by atoms with E-state index in [-0.39, 0.29) is 11.6 Å². The fraction of sp³-hybridized carbons (Fsp3) is 0. The molecule has 0 aromatic heterocycles. The lowest BCUT2D eigenvalue weighted by Crippen LogP contribution is -2.15. The molecule has 2 amide bonds. The number of rotatable bonds is 6. The molecular weight excluding hydrogens is 406 g/mol. The van der Waals surface area contributed by atoms with E-state index in [0.717, 1.165) is 0 Å². The van der Waals surface area contributed by atoms with Gasteiger partial charge < -0.3 is 10.6 Å². The zero-order valence-corrected chi connectivity index (χ0v) is 16.3. The van der Waals surface area contributed by atoms with E-state index in [1.165, 1.54) is 24.3 Å². The molecule has 0 saturated heterocycles. The SMILES string of the molecule is O=C(/C=C/c1ccc([N+](=O)[O-])cc1)Nc1ccccc1NC(=O)c1ccc(Cl)cc1. The summed E-state index contributed by atoms with van der Waals surface area (Å²) in [6, 6.07) is 19.0. The summed E-state index contributed by atoms with van der Waals surface area (Å²) in [5.74, 6) is -0.753. The highest BCUT2D eigenvalue weighted by Gasteiger charge is 2.10. The number of para-hydroxylation sites is 2. The standard InChI is InChI=1S/C22H16ClN3O4/c23-17-10-8-16(9-11-17)22(28)25-20-4-2-1-3-19(20)24-21(27)14-7-15-5-12-18(13-6-15)26(29)30/h1-14H,(H,24,27)(H,25,28)/b14-7+. The lowest BCUT2D eigenvalue weighted by atomic mass is 10.2. The van der Waals surface area contributed by atoms with Gasteiger partial charge in [0.1, 0.15) is 0 Å². The Kier molecular flexibility index (Phi) is 6.56. The molecule has 8 heteroatoms. The second-order valence-electron chi connectivity index (χ2n) is 6.18. The molecule has 2 N–H and O–H groups in total. The largest absolute Gasteiger partial charge is 0.321 e. The van der Waals surface area contributed by atoms with Crippen molar-refractivity contribution in [2.24, 2.45) is 0 Å². The Morgan fingerprint density at radius 2 is 1.47 bits per heavy atom. The minimum atomic E-state index is -0.491. The van der Waals surface area contributed by atoms with Crippen molar-refractivity contribution in [3.63, 3.8) is 0 Å². The molecule has 0 aliphatic heterocycles. The van der Waals surface area contributed by atoms with E-state index in [2.05, 4.69) is 10.6 Å². The zero-order valence-electron chi connectivity index (χ0n) is 15.5. The second-order valence-corrected chi connectivity index (χ2v) is 6.61. The molecule has 0 radical (unpaired) electrons. The predicted molar refractivity (Wildman–Crippen MR) is 117 cm³/mol. The number of nitro benzene ring substituents is 1. The quantitative estimate of drug-likeness (QED) is 0.326. The van der Waals surface area contributed by atoms with Crippen LogP contribution in [0.4, 0.5) is 17.1 Å². The van der Waals surface area contributed by atoms with Crippen molar-refractivity contribution in [3.8, 4) is 0 Å². The summed E-state index contributed by atoms with van der Waals surface area (Å²) in [5, 5.41) is 16.7. The molecule has 0 heterocycles. The molecular formula is C22H16ClN3O4. The molecule has 0 spiro atoms. The third-order valence-corrected chi connectivity index (χ3v) is 4.32. The Balaban J connectivity index is 1.67. The number of halogens is 1. The van der Waals surface area contributed by atoms with Crippen LogP contribution in [-0.2, 0) is 4.79 Å². The normalized spacial score (nSPS) is 10.6. The smallest absolute Gasteiger partial charge is 0.269 e. The first-order valence-electron chi connectivity index (χ1n) is 8.82. The van der Waals surface area contributed by atoms with Gasteiger partial charge in [-0.1, -0.05) is 23.7 Å². The predicted octanol–water partition coefficient (Wildman–Crippen LogP) is 5.15. The van der Waals surface area contributed by atoms with Gasteiger partial charge in [-0.2, -0.15) is 0 Å². The van der Waals surface area contributed by atoms with Gasteiger partial charge in [-0.05, 0) is 60.2 Å². The minimum Gasteiger partial charge on any atom is -0.321 e. The number of nitro groups is 1. The maximum atomic E-state index is 12.4. The third kappa shape index (κ3) is 5.52. The fourth-order valence-corrected chi connectivity index (χ4v) is 2.68. The van der Waals surface area contributed by atoms with Crippen LogP contribution in [0.1, 0.15) is 15.9 Å². The number of anilines is 2. The highest BCUT2D eigenvalue weighted by atomic mass is 35.5. The van der Waals surface area contributed by atoms with E-state index in [9.17, 15) is 19.7 Å². The summed E-state index contributed by atoms with van der Waals surface area (Å²) in [6.07, 6.45) is 2.84. The molecule has 0 aliphatic carbocycles. The van der Waals surface area contributed by atoms with Crippen LogP contribution in [0.25, 0.3) is 6.08 Å². The highest BCUT2D eigenvalue weighted by molar-refractivity contribution is 6.30. The summed E-state index contributed by atoms with van der Waals surface area (Å²) in [7, 11) is 0. The molecule has 0 fully saturated rings. The van der Waals surface area contributed by atoms with Crippen LogP contribution in [0.3, 0.4) is 0 Å². The Morgan fingerprint density at radius 3 is 2.07 bits per heavy atom. The molecule has 0 aliphatic rings. The highest BCUT2D eigenvalue weighted by Crippen LogP contribution is 2.22. The topological polar surface area (TPSA) is 101 Å². The van der Waals surface area contributed by atoms with E-state index >= 15 is 0 Å². The van der Waals surface area contributed by atoms with E-state index in [1.54, 1.807) is 60.7 Å². The molecule has 0 atom stereocenters. The molecule has 150 valence electrons. The van der Waals surface area contributed by atoms with Crippen molar-refractivity contribution in [2.45, 2.75) is 0 Å². The first-order valence-corrected chi connectivity index (χ1v) is 9.19. The van der Waals surface area contributed by atoms with Gasteiger partial charge in [0.2, 0.25) is 5.91 Å². The Bertz CT molecular complexity index is 1110. The van der Waals surface area contributed by atoms with Gasteiger partial charge in [0, 0.05) is 28.8 Å². The maximum Gasteiger partial charge on any atom is 0.269 e. The summed E-state index contributed by atoms with van der Waals surface area (Å²) in [4.78, 5) is 34.9. The number of hydrogen-bond acceptors (Lipinski definition) is 4. The van der Waals surface area contributed by atoms with Crippen molar-refractivity contribution < 1.29 is 14.5 Å². The van der Waals surface area contributed by atoms with Crippen molar-refractivity contribution in [1.82, 2.24) is 0 Å². The number of amides is 2. The molecule has 3 rings (SSSR count). The molecule has 3 aromatic carbocycles. The van der Waals surface area contributed by atoms with Crippen LogP contribution in [0.15, 0.2) is 78.9 Å². The summed E-state index contributed by atoms with van der Waals surface area (Å²) in [6.45, 7) is 0. The molecule has 0 unspecified atom stereocenters. The summed E-state index contributed by atoms with van der Waals surface area (Å²) >= 11 is 5.84. The third-order valence-electron chi connectivity index (χ3n) is 4.07. The zero-order chi connectivity index (χ0) is 21.5. The summed E-state index contributed by atoms with van der Waals surface area (Å²) < 4.78 is 0. The van der Waals surface area contributed by atoms with Gasteiger partial charge in [0.25, 0.3) is 11.6 Å². The van der Waals surface area contributed by atoms with E-state index in [4.69, 9.17) is 11.6 Å². The van der Waals surface area contributed by atoms with Gasteiger partial charge in [-0.15, -0.1) is 0 Å². The lowest BCUT2D eigenvalue weighted by molar-refractivity contribution is -0.384. The van der Waals surface area contributed by atoms with Crippen LogP contribution in [-0.4, -0.2) is 16.7 Å². The number of nitrogens with zero attached hydrogens (tertiary/aromatic N) is 1. The Morgan fingerprint density at radius 1 is 0.867 bits per heavy atom. The van der Waals surface area contributed by atoms with Crippen LogP contribution >= 0.6 is 11.6 Å². The van der Waals surface area contributed by atoms with Gasteiger partial charge >= 0.3 is 0 Å². The van der Waals surface area contributed by atoms with E-state index in [0.29, 0.717) is 27.5 Å². The molecule has 7 nitrogen and oxygen atoms in total. The maximum absolute atomic E-state index is 12.4. The van der Waals surface area contributed by atoms with Gasteiger partial charge in [0.05, 0.1) is 16.3 Å². The molecule has 30 heavy (non-hydrogen) atoms. The minimum absolute atomic E-state index is 0.0260. The van der Waals surface area contributed by atoms with Crippen molar-refractivity contribution in [1.29, 1.82) is 0 Å². The van der Waals surface area contributed by atoms with Crippen LogP contribution < -0.4 is 10.6 Å². The number of carbonyl (C=O) groups is 2. The number of hydrogen-bond donors (Lipinski definition) is 2. The van der Waals surface area contributed by atoms with Crippen LogP contribution in [0.5, 0.6) is 0 Å². The number of carbonyl (C=O) groups excluding carboxylic acids is 2. The average molecular weight is 422 g/mol. The van der Waals surface area contributed by atoms with E-state index in [1.807, 2.05) is 0 Å². The van der Waals surface area contributed by atoms with Crippen LogP contribution in [0.2, 0.25) is 5.02 Å². The number of benzene rings is 3. The van der Waals surface area contributed by atoms with Gasteiger partial charge in [-0.3, -0.25) is 19.7 Å². The monoisotopic (exact) mass is 421 g/mol. The van der Waals surface area contributed by atoms with Gasteiger partial charge in [-0.25, -0.2) is 0 Å². The Hall–Kier alpha value is -3.97. The van der Waals surface area contributed by atoms with E-state index < -0.39 is 10.8 Å². The Labute approximate surface area is 177 Å². The van der Waals surface area contributed by atoms with Crippen molar-refractivity contribution in [3.05, 3.63) is 105 Å². The lowest BCUT2D eigenvalue weighted by Gasteiger charge is -2.11. The fourth-order valence-electron chi connectivity index (χ4n) is 2.55. The number of nitrogens with one attached hydrogen (secondary N) is 2. The second kappa shape index (κ2) is 9.49. The van der Waals surface area contributed by atoms with Crippen molar-refractivity contribution in [2.75, 3.05) is 10.6 Å². The molecule has 0 saturated carbocycles. The van der Waals surface area contributed by atoms with Crippen molar-refractivity contribution >= 4 is 46.6 Å². The first-order chi connectivity index (χ1) is 14.4. The number of non-ortho nitro benzene ring substituents is 1. The van der Waals surface area contributed by atoms with Crippen LogP contribution in [0, 0.1) is 10.1 Å².